The van der Waals surface area contributed by atoms with E-state index < -0.39 is 0 Å². The molecule has 0 radical (unpaired) electrons. The molecule has 0 spiro atoms. The molecule has 2 aromatic rings. The first-order valence-electron chi connectivity index (χ1n) is 11.6. The third kappa shape index (κ3) is 3.42. The topological polar surface area (TPSA) is 56.8 Å². The molecule has 0 aromatic heterocycles. The quantitative estimate of drug-likeness (QED) is 0.674. The molecule has 6 rings (SSSR count). The van der Waals surface area contributed by atoms with E-state index >= 15 is 0 Å². The van der Waals surface area contributed by atoms with E-state index in [1.165, 1.54) is 24.8 Å². The van der Waals surface area contributed by atoms with Crippen LogP contribution in [0.4, 0.5) is 0 Å². The van der Waals surface area contributed by atoms with Gasteiger partial charge in [0, 0.05) is 18.2 Å². The molecule has 2 unspecified atom stereocenters. The fourth-order valence-electron chi connectivity index (χ4n) is 7.25. The smallest absolute Gasteiger partial charge is 0.226 e. The van der Waals surface area contributed by atoms with Crippen molar-refractivity contribution in [1.82, 2.24) is 5.32 Å². The Morgan fingerprint density at radius 2 is 1.53 bits per heavy atom. The zero-order valence-electron chi connectivity index (χ0n) is 19.3. The average molecular weight is 436 g/mol. The van der Waals surface area contributed by atoms with Gasteiger partial charge in [0.25, 0.3) is 0 Å². The number of ether oxygens (including phenoxy) is 3. The molecule has 0 heterocycles. The van der Waals surface area contributed by atoms with Gasteiger partial charge in [-0.05, 0) is 67.4 Å². The Kier molecular flexibility index (Phi) is 5.31. The first-order valence-corrected chi connectivity index (χ1v) is 11.6. The van der Waals surface area contributed by atoms with Gasteiger partial charge in [-0.15, -0.1) is 0 Å². The second kappa shape index (κ2) is 8.02. The zero-order valence-corrected chi connectivity index (χ0v) is 19.3. The molecule has 5 heteroatoms. The second-order valence-electron chi connectivity index (χ2n) is 10.1. The molecule has 2 aromatic carbocycles. The summed E-state index contributed by atoms with van der Waals surface area (Å²) in [4.78, 5) is 13.7. The van der Waals surface area contributed by atoms with E-state index in [4.69, 9.17) is 14.2 Å². The predicted octanol–water partition coefficient (Wildman–Crippen LogP) is 4.87. The normalized spacial score (nSPS) is 30.1. The first kappa shape index (κ1) is 21.2. The standard InChI is InChI=1S/C27H33NO4/c1-30-22-11-24(32-3)23(31-2)10-20(22)16-28-25(29)27-14-18-9-19(15-27)13-26(12-18,17-27)21-7-5-4-6-8-21/h4-8,10-11,18-19H,9,12-17H2,1-3H3,(H,28,29)/t18-,19+,26?,27?. The number of benzene rings is 2. The number of amides is 1. The van der Waals surface area contributed by atoms with Crippen molar-refractivity contribution in [3.63, 3.8) is 0 Å². The van der Waals surface area contributed by atoms with E-state index in [9.17, 15) is 4.79 Å². The minimum atomic E-state index is -0.260. The van der Waals surface area contributed by atoms with E-state index in [1.807, 2.05) is 12.1 Å². The predicted molar refractivity (Wildman–Crippen MR) is 123 cm³/mol. The highest BCUT2D eigenvalue weighted by Gasteiger charge is 2.60. The molecule has 5 nitrogen and oxygen atoms in total. The number of carbonyl (C=O) groups excluding carboxylic acids is 1. The Hall–Kier alpha value is -2.69. The number of nitrogens with one attached hydrogen (secondary N) is 1. The molecule has 4 saturated carbocycles. The minimum Gasteiger partial charge on any atom is -0.496 e. The highest BCUT2D eigenvalue weighted by molar-refractivity contribution is 5.83. The van der Waals surface area contributed by atoms with Crippen molar-refractivity contribution >= 4 is 5.91 Å². The summed E-state index contributed by atoms with van der Waals surface area (Å²) in [5.41, 5.74) is 2.21. The molecule has 4 bridgehead atoms. The largest absolute Gasteiger partial charge is 0.496 e. The lowest BCUT2D eigenvalue weighted by atomic mass is 9.42. The van der Waals surface area contributed by atoms with Crippen LogP contribution in [0.5, 0.6) is 17.2 Å². The molecule has 0 aliphatic heterocycles. The van der Waals surface area contributed by atoms with E-state index in [-0.39, 0.29) is 16.7 Å². The van der Waals surface area contributed by atoms with Gasteiger partial charge in [0.05, 0.1) is 26.7 Å². The van der Waals surface area contributed by atoms with Crippen LogP contribution < -0.4 is 19.5 Å². The summed E-state index contributed by atoms with van der Waals surface area (Å²) in [5.74, 6) is 3.44. The van der Waals surface area contributed by atoms with E-state index in [1.54, 1.807) is 21.3 Å². The van der Waals surface area contributed by atoms with Gasteiger partial charge in [-0.25, -0.2) is 0 Å². The van der Waals surface area contributed by atoms with Crippen LogP contribution in [0.25, 0.3) is 0 Å². The highest BCUT2D eigenvalue weighted by Crippen LogP contribution is 2.65. The highest BCUT2D eigenvalue weighted by atomic mass is 16.5. The van der Waals surface area contributed by atoms with Crippen molar-refractivity contribution in [3.8, 4) is 17.2 Å². The number of hydrogen-bond acceptors (Lipinski definition) is 4. The van der Waals surface area contributed by atoms with Gasteiger partial charge in [-0.1, -0.05) is 30.3 Å². The molecule has 1 amide bonds. The molecule has 32 heavy (non-hydrogen) atoms. The Morgan fingerprint density at radius 1 is 0.906 bits per heavy atom. The van der Waals surface area contributed by atoms with Gasteiger partial charge < -0.3 is 19.5 Å². The van der Waals surface area contributed by atoms with Crippen molar-refractivity contribution in [2.75, 3.05) is 21.3 Å². The molecule has 4 atom stereocenters. The average Bonchev–Trinajstić information content (AvgIpc) is 2.81. The molecule has 0 saturated heterocycles. The van der Waals surface area contributed by atoms with Crippen LogP contribution in [0.15, 0.2) is 42.5 Å². The van der Waals surface area contributed by atoms with Crippen molar-refractivity contribution in [3.05, 3.63) is 53.6 Å². The van der Waals surface area contributed by atoms with Crippen LogP contribution >= 0.6 is 0 Å². The summed E-state index contributed by atoms with van der Waals surface area (Å²) in [6.07, 6.45) is 6.75. The molecular formula is C27H33NO4. The maximum absolute atomic E-state index is 13.7. The fraction of sp³-hybridized carbons (Fsp3) is 0.519. The van der Waals surface area contributed by atoms with Crippen molar-refractivity contribution in [2.45, 2.75) is 50.5 Å². The summed E-state index contributed by atoms with van der Waals surface area (Å²) in [5, 5.41) is 3.27. The first-order chi connectivity index (χ1) is 15.5. The van der Waals surface area contributed by atoms with E-state index in [0.29, 0.717) is 35.6 Å². The molecule has 4 aliphatic rings. The van der Waals surface area contributed by atoms with Crippen LogP contribution in [0, 0.1) is 17.3 Å². The van der Waals surface area contributed by atoms with Crippen molar-refractivity contribution < 1.29 is 19.0 Å². The Balaban J connectivity index is 1.38. The zero-order chi connectivity index (χ0) is 22.3. The van der Waals surface area contributed by atoms with Gasteiger partial charge in [0.2, 0.25) is 5.91 Å². The molecule has 170 valence electrons. The molecular weight excluding hydrogens is 402 g/mol. The van der Waals surface area contributed by atoms with Crippen LogP contribution in [0.1, 0.15) is 49.7 Å². The lowest BCUT2D eigenvalue weighted by Gasteiger charge is -2.61. The number of rotatable bonds is 7. The maximum atomic E-state index is 13.7. The number of carbonyl (C=O) groups is 1. The summed E-state index contributed by atoms with van der Waals surface area (Å²) in [6.45, 7) is 0.414. The minimum absolute atomic E-state index is 0.156. The monoisotopic (exact) mass is 435 g/mol. The summed E-state index contributed by atoms with van der Waals surface area (Å²) >= 11 is 0. The van der Waals surface area contributed by atoms with Gasteiger partial charge in [0.15, 0.2) is 11.5 Å². The third-order valence-corrected chi connectivity index (χ3v) is 8.15. The Labute approximate surface area is 190 Å². The SMILES string of the molecule is COc1cc(OC)c(OC)cc1CNC(=O)C12C[C@H]3C[C@@H](C1)CC(c1ccccc1)(C3)C2. The van der Waals surface area contributed by atoms with Crippen molar-refractivity contribution in [1.29, 1.82) is 0 Å². The number of methoxy groups -OCH3 is 3. The van der Waals surface area contributed by atoms with Gasteiger partial charge in [0.1, 0.15) is 5.75 Å². The van der Waals surface area contributed by atoms with Crippen LogP contribution in [-0.2, 0) is 16.8 Å². The van der Waals surface area contributed by atoms with Crippen molar-refractivity contribution in [2.24, 2.45) is 17.3 Å². The summed E-state index contributed by atoms with van der Waals surface area (Å²) in [6, 6.07) is 14.6. The van der Waals surface area contributed by atoms with Crippen LogP contribution in [0.3, 0.4) is 0 Å². The van der Waals surface area contributed by atoms with Gasteiger partial charge in [-0.2, -0.15) is 0 Å². The van der Waals surface area contributed by atoms with Crippen LogP contribution in [-0.4, -0.2) is 27.2 Å². The van der Waals surface area contributed by atoms with E-state index in [2.05, 4.69) is 35.6 Å². The molecule has 4 aliphatic carbocycles. The van der Waals surface area contributed by atoms with Crippen LogP contribution in [0.2, 0.25) is 0 Å². The fourth-order valence-corrected chi connectivity index (χ4v) is 7.25. The second-order valence-corrected chi connectivity index (χ2v) is 10.1. The van der Waals surface area contributed by atoms with E-state index in [0.717, 1.165) is 24.8 Å². The third-order valence-electron chi connectivity index (χ3n) is 8.15. The molecule has 1 N–H and O–H groups in total. The Bertz CT molecular complexity index is 988. The lowest BCUT2D eigenvalue weighted by Crippen LogP contribution is -2.59. The van der Waals surface area contributed by atoms with Gasteiger partial charge >= 0.3 is 0 Å². The lowest BCUT2D eigenvalue weighted by molar-refractivity contribution is -0.149. The van der Waals surface area contributed by atoms with Gasteiger partial charge in [-0.3, -0.25) is 4.79 Å². The number of hydrogen-bond donors (Lipinski definition) is 1. The summed E-state index contributed by atoms with van der Waals surface area (Å²) in [7, 11) is 4.86. The molecule has 4 fully saturated rings. The summed E-state index contributed by atoms with van der Waals surface area (Å²) < 4.78 is 16.4. The maximum Gasteiger partial charge on any atom is 0.226 e. The Morgan fingerprint density at radius 3 is 2.16 bits per heavy atom.